The van der Waals surface area contributed by atoms with Crippen LogP contribution in [-0.4, -0.2) is 20.3 Å². The lowest BCUT2D eigenvalue weighted by molar-refractivity contribution is 0.166. The van der Waals surface area contributed by atoms with E-state index in [0.29, 0.717) is 6.04 Å². The van der Waals surface area contributed by atoms with E-state index < -0.39 is 0 Å². The van der Waals surface area contributed by atoms with Crippen LogP contribution in [-0.2, 0) is 4.74 Å². The third-order valence-corrected chi connectivity index (χ3v) is 2.88. The normalized spacial score (nSPS) is 12.9. The predicted octanol–water partition coefficient (Wildman–Crippen LogP) is 3.40. The van der Waals surface area contributed by atoms with E-state index in [-0.39, 0.29) is 0 Å². The van der Waals surface area contributed by atoms with Crippen molar-refractivity contribution >= 4 is 0 Å². The highest BCUT2D eigenvalue weighted by Crippen LogP contribution is 2.13. The second-order valence-electron chi connectivity index (χ2n) is 4.91. The molecule has 96 valence electrons. The lowest BCUT2D eigenvalue weighted by atomic mass is 10.1. The number of methoxy groups -OCH3 is 1. The van der Waals surface area contributed by atoms with Crippen molar-refractivity contribution in [2.24, 2.45) is 5.92 Å². The molecule has 0 heterocycles. The first-order valence-corrected chi connectivity index (χ1v) is 6.51. The molecule has 2 heteroatoms. The van der Waals surface area contributed by atoms with E-state index in [0.717, 1.165) is 19.1 Å². The molecule has 0 aliphatic rings. The molecule has 1 unspecified atom stereocenters. The fourth-order valence-corrected chi connectivity index (χ4v) is 1.91. The number of hydrogen-bond donors (Lipinski definition) is 1. The Balaban J connectivity index is 2.39. The molecule has 0 radical (unpaired) electrons. The first kappa shape index (κ1) is 14.2. The van der Waals surface area contributed by atoms with E-state index in [1.54, 1.807) is 7.11 Å². The van der Waals surface area contributed by atoms with Crippen molar-refractivity contribution in [3.8, 4) is 0 Å². The fraction of sp³-hybridized carbons (Fsp3) is 0.600. The van der Waals surface area contributed by atoms with Gasteiger partial charge in [0.15, 0.2) is 0 Å². The summed E-state index contributed by atoms with van der Waals surface area (Å²) in [4.78, 5) is 0. The van der Waals surface area contributed by atoms with Crippen LogP contribution < -0.4 is 5.32 Å². The summed E-state index contributed by atoms with van der Waals surface area (Å²) in [7, 11) is 1.76. The molecule has 1 aromatic rings. The van der Waals surface area contributed by atoms with Gasteiger partial charge in [-0.05, 0) is 30.9 Å². The Morgan fingerprint density at radius 3 is 2.47 bits per heavy atom. The van der Waals surface area contributed by atoms with Gasteiger partial charge in [0.25, 0.3) is 0 Å². The van der Waals surface area contributed by atoms with Crippen molar-refractivity contribution in [2.75, 3.05) is 20.3 Å². The van der Waals surface area contributed by atoms with E-state index >= 15 is 0 Å². The van der Waals surface area contributed by atoms with Crippen LogP contribution in [0.5, 0.6) is 0 Å². The summed E-state index contributed by atoms with van der Waals surface area (Å²) in [6.45, 7) is 6.32. The smallest absolute Gasteiger partial charge is 0.0657 e. The van der Waals surface area contributed by atoms with Gasteiger partial charge in [0.2, 0.25) is 0 Å². The van der Waals surface area contributed by atoms with Gasteiger partial charge in [-0.25, -0.2) is 0 Å². The van der Waals surface area contributed by atoms with E-state index in [9.17, 15) is 0 Å². The summed E-state index contributed by atoms with van der Waals surface area (Å²) in [6.07, 6.45) is 2.51. The standard InChI is InChI=1S/C15H25NO/c1-13(2)8-7-11-16-15(12-17-3)14-9-5-4-6-10-14/h4-6,9-10,13,15-16H,7-8,11-12H2,1-3H3. The number of rotatable bonds is 8. The molecule has 0 aromatic heterocycles. The molecule has 0 fully saturated rings. The molecule has 0 spiro atoms. The minimum absolute atomic E-state index is 0.313. The molecule has 0 aliphatic heterocycles. The highest BCUT2D eigenvalue weighted by Gasteiger charge is 2.09. The Morgan fingerprint density at radius 1 is 1.18 bits per heavy atom. The van der Waals surface area contributed by atoms with Gasteiger partial charge in [0.1, 0.15) is 0 Å². The Kier molecular flexibility index (Phi) is 6.90. The minimum atomic E-state index is 0.313. The van der Waals surface area contributed by atoms with Gasteiger partial charge in [0.05, 0.1) is 12.6 Å². The molecule has 1 aromatic carbocycles. The summed E-state index contributed by atoms with van der Waals surface area (Å²) in [5, 5.41) is 3.57. The molecule has 1 rings (SSSR count). The molecular weight excluding hydrogens is 210 g/mol. The maximum atomic E-state index is 5.27. The summed E-state index contributed by atoms with van der Waals surface area (Å²) in [5.74, 6) is 0.786. The van der Waals surface area contributed by atoms with Gasteiger partial charge in [-0.1, -0.05) is 44.2 Å². The maximum Gasteiger partial charge on any atom is 0.0657 e. The predicted molar refractivity (Wildman–Crippen MR) is 73.1 cm³/mol. The van der Waals surface area contributed by atoms with Crippen molar-refractivity contribution < 1.29 is 4.74 Å². The second-order valence-corrected chi connectivity index (χ2v) is 4.91. The summed E-state index contributed by atoms with van der Waals surface area (Å²) >= 11 is 0. The summed E-state index contributed by atoms with van der Waals surface area (Å²) < 4.78 is 5.27. The lowest BCUT2D eigenvalue weighted by Crippen LogP contribution is -2.26. The quantitative estimate of drug-likeness (QED) is 0.697. The SMILES string of the molecule is COCC(NCCCC(C)C)c1ccccc1. The Morgan fingerprint density at radius 2 is 1.88 bits per heavy atom. The molecule has 0 saturated carbocycles. The highest BCUT2D eigenvalue weighted by molar-refractivity contribution is 5.18. The minimum Gasteiger partial charge on any atom is -0.383 e. The number of ether oxygens (including phenoxy) is 1. The molecule has 0 saturated heterocycles. The molecular formula is C15H25NO. The number of benzene rings is 1. The first-order valence-electron chi connectivity index (χ1n) is 6.51. The molecule has 17 heavy (non-hydrogen) atoms. The number of nitrogens with one attached hydrogen (secondary N) is 1. The van der Waals surface area contributed by atoms with Crippen LogP contribution >= 0.6 is 0 Å². The Labute approximate surface area is 105 Å². The zero-order valence-corrected chi connectivity index (χ0v) is 11.3. The molecule has 0 aliphatic carbocycles. The molecule has 1 atom stereocenters. The zero-order valence-electron chi connectivity index (χ0n) is 11.3. The third-order valence-electron chi connectivity index (χ3n) is 2.88. The topological polar surface area (TPSA) is 21.3 Å². The molecule has 0 bridgehead atoms. The van der Waals surface area contributed by atoms with Gasteiger partial charge in [0, 0.05) is 7.11 Å². The van der Waals surface area contributed by atoms with Crippen molar-refractivity contribution in [2.45, 2.75) is 32.7 Å². The third kappa shape index (κ3) is 5.85. The van der Waals surface area contributed by atoms with E-state index in [2.05, 4.69) is 43.4 Å². The largest absolute Gasteiger partial charge is 0.383 e. The van der Waals surface area contributed by atoms with Crippen LogP contribution in [0.3, 0.4) is 0 Å². The zero-order chi connectivity index (χ0) is 12.5. The van der Waals surface area contributed by atoms with Gasteiger partial charge >= 0.3 is 0 Å². The average molecular weight is 235 g/mol. The van der Waals surface area contributed by atoms with E-state index in [1.807, 2.05) is 6.07 Å². The highest BCUT2D eigenvalue weighted by atomic mass is 16.5. The lowest BCUT2D eigenvalue weighted by Gasteiger charge is -2.18. The van der Waals surface area contributed by atoms with Crippen LogP contribution in [0.1, 0.15) is 38.3 Å². The van der Waals surface area contributed by atoms with Crippen LogP contribution in [0.4, 0.5) is 0 Å². The van der Waals surface area contributed by atoms with Crippen molar-refractivity contribution in [3.05, 3.63) is 35.9 Å². The van der Waals surface area contributed by atoms with Crippen molar-refractivity contribution in [1.82, 2.24) is 5.32 Å². The van der Waals surface area contributed by atoms with Gasteiger partial charge in [-0.3, -0.25) is 0 Å². The molecule has 0 amide bonds. The van der Waals surface area contributed by atoms with Crippen LogP contribution in [0, 0.1) is 5.92 Å². The average Bonchev–Trinajstić information content (AvgIpc) is 2.34. The van der Waals surface area contributed by atoms with Crippen molar-refractivity contribution in [1.29, 1.82) is 0 Å². The second kappa shape index (κ2) is 8.26. The molecule has 1 N–H and O–H groups in total. The van der Waals surface area contributed by atoms with Crippen molar-refractivity contribution in [3.63, 3.8) is 0 Å². The van der Waals surface area contributed by atoms with Crippen LogP contribution in [0.15, 0.2) is 30.3 Å². The fourth-order valence-electron chi connectivity index (χ4n) is 1.91. The van der Waals surface area contributed by atoms with Crippen LogP contribution in [0.25, 0.3) is 0 Å². The summed E-state index contributed by atoms with van der Waals surface area (Å²) in [5.41, 5.74) is 1.30. The van der Waals surface area contributed by atoms with Crippen LogP contribution in [0.2, 0.25) is 0 Å². The number of hydrogen-bond acceptors (Lipinski definition) is 2. The first-order chi connectivity index (χ1) is 8.24. The van der Waals surface area contributed by atoms with Gasteiger partial charge in [-0.2, -0.15) is 0 Å². The van der Waals surface area contributed by atoms with Gasteiger partial charge < -0.3 is 10.1 Å². The molecule has 2 nitrogen and oxygen atoms in total. The summed E-state index contributed by atoms with van der Waals surface area (Å²) in [6, 6.07) is 10.8. The van der Waals surface area contributed by atoms with Gasteiger partial charge in [-0.15, -0.1) is 0 Å². The Hall–Kier alpha value is -0.860. The Bertz CT molecular complexity index is 284. The van der Waals surface area contributed by atoms with E-state index in [4.69, 9.17) is 4.74 Å². The maximum absolute atomic E-state index is 5.27. The monoisotopic (exact) mass is 235 g/mol. The van der Waals surface area contributed by atoms with E-state index in [1.165, 1.54) is 18.4 Å².